The first kappa shape index (κ1) is 17.4. The van der Waals surface area contributed by atoms with E-state index in [1.165, 1.54) is 0 Å². The summed E-state index contributed by atoms with van der Waals surface area (Å²) in [5, 5.41) is 4.35. The highest BCUT2D eigenvalue weighted by molar-refractivity contribution is 6.35. The van der Waals surface area contributed by atoms with Gasteiger partial charge < -0.3 is 10.1 Å². The molecule has 0 saturated carbocycles. The van der Waals surface area contributed by atoms with Gasteiger partial charge in [-0.15, -0.1) is 18.8 Å². The van der Waals surface area contributed by atoms with Gasteiger partial charge in [-0.2, -0.15) is 0 Å². The molecule has 100 valence electrons. The molecular weight excluding hydrogens is 293 g/mol. The Morgan fingerprint density at radius 3 is 2.72 bits per heavy atom. The van der Waals surface area contributed by atoms with Gasteiger partial charge in [0.2, 0.25) is 0 Å². The summed E-state index contributed by atoms with van der Waals surface area (Å²) in [5.41, 5.74) is 0.922. The van der Waals surface area contributed by atoms with Crippen LogP contribution in [0.15, 0.2) is 12.1 Å². The Morgan fingerprint density at radius 1 is 1.39 bits per heavy atom. The molecule has 0 saturated heterocycles. The van der Waals surface area contributed by atoms with Gasteiger partial charge in [0.15, 0.2) is 0 Å². The number of hydrogen-bond donors (Lipinski definition) is 1. The van der Waals surface area contributed by atoms with E-state index in [9.17, 15) is 0 Å². The number of hydrogen-bond acceptors (Lipinski definition) is 2. The fraction of sp³-hybridized carbons (Fsp3) is 0.385. The second-order valence-electron chi connectivity index (χ2n) is 3.55. The number of terminal acetylenes is 1. The third kappa shape index (κ3) is 5.37. The lowest BCUT2D eigenvalue weighted by molar-refractivity contribution is 0.365. The summed E-state index contributed by atoms with van der Waals surface area (Å²) >= 11 is 12.0. The maximum Gasteiger partial charge on any atom is 0.148 e. The number of benzene rings is 1. The van der Waals surface area contributed by atoms with Crippen LogP contribution in [0.2, 0.25) is 10.0 Å². The van der Waals surface area contributed by atoms with E-state index in [0.29, 0.717) is 22.3 Å². The molecule has 0 aliphatic carbocycles. The average Bonchev–Trinajstić information content (AvgIpc) is 2.28. The quantitative estimate of drug-likeness (QED) is 0.635. The normalized spacial score (nSPS) is 9.44. The lowest BCUT2D eigenvalue weighted by Gasteiger charge is -2.12. The van der Waals surface area contributed by atoms with Gasteiger partial charge in [0.1, 0.15) is 12.4 Å². The van der Waals surface area contributed by atoms with Crippen molar-refractivity contribution in [2.24, 2.45) is 0 Å². The first-order valence-corrected chi connectivity index (χ1v) is 6.19. The highest BCUT2D eigenvalue weighted by Crippen LogP contribution is 2.32. The molecule has 0 aromatic heterocycles. The molecular formula is C13H16Cl3NO. The lowest BCUT2D eigenvalue weighted by atomic mass is 10.2. The SMILES string of the molecule is C#CCOc1c(Cl)cc(Cl)cc1CNCCC.Cl. The van der Waals surface area contributed by atoms with Crippen LogP contribution >= 0.6 is 35.6 Å². The standard InChI is InChI=1S/C13H15Cl2NO.ClH/c1-3-5-16-9-10-7-11(14)8-12(15)13(10)17-6-4-2;/h2,7-8,16H,3,5-6,9H2,1H3;1H. The maximum atomic E-state index is 6.08. The fourth-order valence-electron chi connectivity index (χ4n) is 1.42. The first-order valence-electron chi connectivity index (χ1n) is 5.44. The number of rotatable bonds is 6. The Morgan fingerprint density at radius 2 is 2.11 bits per heavy atom. The molecule has 0 heterocycles. The monoisotopic (exact) mass is 307 g/mol. The zero-order valence-electron chi connectivity index (χ0n) is 10.1. The highest BCUT2D eigenvalue weighted by Gasteiger charge is 2.10. The molecule has 1 aromatic carbocycles. The van der Waals surface area contributed by atoms with Crippen LogP contribution in [0.25, 0.3) is 0 Å². The molecule has 0 aliphatic heterocycles. The Bertz CT molecular complexity index is 415. The molecule has 1 rings (SSSR count). The van der Waals surface area contributed by atoms with Gasteiger partial charge >= 0.3 is 0 Å². The number of ether oxygens (including phenoxy) is 1. The third-order valence-electron chi connectivity index (χ3n) is 2.13. The third-order valence-corrected chi connectivity index (χ3v) is 2.63. The summed E-state index contributed by atoms with van der Waals surface area (Å²) in [6, 6.07) is 3.49. The van der Waals surface area contributed by atoms with Crippen LogP contribution in [0.3, 0.4) is 0 Å². The molecule has 0 atom stereocenters. The Labute approximate surface area is 124 Å². The Hall–Kier alpha value is -0.590. The van der Waals surface area contributed by atoms with Crippen LogP contribution in [0.5, 0.6) is 5.75 Å². The zero-order chi connectivity index (χ0) is 12.7. The van der Waals surface area contributed by atoms with E-state index in [1.54, 1.807) is 6.07 Å². The molecule has 0 unspecified atom stereocenters. The molecule has 0 fully saturated rings. The first-order chi connectivity index (χ1) is 8.19. The molecule has 0 bridgehead atoms. The van der Waals surface area contributed by atoms with E-state index in [1.807, 2.05) is 6.07 Å². The summed E-state index contributed by atoms with van der Waals surface area (Å²) in [4.78, 5) is 0. The topological polar surface area (TPSA) is 21.3 Å². The predicted molar refractivity (Wildman–Crippen MR) is 80.0 cm³/mol. The second kappa shape index (κ2) is 9.35. The molecule has 18 heavy (non-hydrogen) atoms. The summed E-state index contributed by atoms with van der Waals surface area (Å²) < 4.78 is 5.44. The number of halogens is 3. The van der Waals surface area contributed by atoms with Crippen molar-refractivity contribution in [2.45, 2.75) is 19.9 Å². The van der Waals surface area contributed by atoms with Crippen LogP contribution in [0.4, 0.5) is 0 Å². The fourth-order valence-corrected chi connectivity index (χ4v) is 2.01. The molecule has 1 aromatic rings. The van der Waals surface area contributed by atoms with Crippen LogP contribution in [-0.2, 0) is 6.54 Å². The smallest absolute Gasteiger partial charge is 0.148 e. The van der Waals surface area contributed by atoms with Crippen molar-refractivity contribution < 1.29 is 4.74 Å². The zero-order valence-corrected chi connectivity index (χ0v) is 12.5. The van der Waals surface area contributed by atoms with Gasteiger partial charge in [0, 0.05) is 17.1 Å². The van der Waals surface area contributed by atoms with Gasteiger partial charge in [-0.1, -0.05) is 36.0 Å². The van der Waals surface area contributed by atoms with Crippen molar-refractivity contribution in [3.63, 3.8) is 0 Å². The largest absolute Gasteiger partial charge is 0.479 e. The minimum atomic E-state index is 0. The molecule has 1 N–H and O–H groups in total. The lowest BCUT2D eigenvalue weighted by Crippen LogP contribution is -2.15. The summed E-state index contributed by atoms with van der Waals surface area (Å²) in [6.07, 6.45) is 6.23. The van der Waals surface area contributed by atoms with E-state index in [-0.39, 0.29) is 19.0 Å². The van der Waals surface area contributed by atoms with E-state index in [2.05, 4.69) is 18.2 Å². The van der Waals surface area contributed by atoms with Crippen LogP contribution in [0.1, 0.15) is 18.9 Å². The van der Waals surface area contributed by atoms with Crippen molar-refractivity contribution in [1.29, 1.82) is 0 Å². The van der Waals surface area contributed by atoms with Gasteiger partial charge in [-0.05, 0) is 25.1 Å². The predicted octanol–water partition coefficient (Wildman–Crippen LogP) is 3.93. The highest BCUT2D eigenvalue weighted by atomic mass is 35.5. The summed E-state index contributed by atoms with van der Waals surface area (Å²) in [5.74, 6) is 3.03. The molecule has 0 radical (unpaired) electrons. The van der Waals surface area contributed by atoms with Crippen LogP contribution in [-0.4, -0.2) is 13.2 Å². The van der Waals surface area contributed by atoms with Gasteiger partial charge in [0.05, 0.1) is 5.02 Å². The minimum absolute atomic E-state index is 0. The van der Waals surface area contributed by atoms with E-state index in [0.717, 1.165) is 18.5 Å². The molecule has 0 aliphatic rings. The average molecular weight is 309 g/mol. The molecule has 5 heteroatoms. The van der Waals surface area contributed by atoms with Gasteiger partial charge in [-0.25, -0.2) is 0 Å². The summed E-state index contributed by atoms with van der Waals surface area (Å²) in [7, 11) is 0. The van der Waals surface area contributed by atoms with Crippen molar-refractivity contribution in [2.75, 3.05) is 13.2 Å². The van der Waals surface area contributed by atoms with Crippen LogP contribution < -0.4 is 10.1 Å². The van der Waals surface area contributed by atoms with Crippen molar-refractivity contribution >= 4 is 35.6 Å². The van der Waals surface area contributed by atoms with E-state index < -0.39 is 0 Å². The van der Waals surface area contributed by atoms with E-state index in [4.69, 9.17) is 34.4 Å². The molecule has 2 nitrogen and oxygen atoms in total. The Kier molecular flexibility index (Phi) is 9.05. The maximum absolute atomic E-state index is 6.08. The molecule has 0 amide bonds. The molecule has 0 spiro atoms. The number of nitrogens with one attached hydrogen (secondary N) is 1. The van der Waals surface area contributed by atoms with Crippen molar-refractivity contribution in [3.05, 3.63) is 27.7 Å². The summed E-state index contributed by atoms with van der Waals surface area (Å²) in [6.45, 7) is 3.89. The van der Waals surface area contributed by atoms with Gasteiger partial charge in [-0.3, -0.25) is 0 Å². The second-order valence-corrected chi connectivity index (χ2v) is 4.39. The van der Waals surface area contributed by atoms with Crippen LogP contribution in [0, 0.1) is 12.3 Å². The van der Waals surface area contributed by atoms with Crippen molar-refractivity contribution in [1.82, 2.24) is 5.32 Å². The van der Waals surface area contributed by atoms with Crippen molar-refractivity contribution in [3.8, 4) is 18.1 Å². The Balaban J connectivity index is 0.00000289. The van der Waals surface area contributed by atoms with Gasteiger partial charge in [0.25, 0.3) is 0 Å². The minimum Gasteiger partial charge on any atom is -0.479 e. The van der Waals surface area contributed by atoms with E-state index >= 15 is 0 Å².